The molecule has 0 saturated carbocycles. The summed E-state index contributed by atoms with van der Waals surface area (Å²) in [4.78, 5) is 18.2. The van der Waals surface area contributed by atoms with Gasteiger partial charge in [-0.25, -0.2) is 4.98 Å². The lowest BCUT2D eigenvalue weighted by molar-refractivity contribution is -0.121. The lowest BCUT2D eigenvalue weighted by Crippen LogP contribution is -2.27. The predicted molar refractivity (Wildman–Crippen MR) is 62.8 cm³/mol. The van der Waals surface area contributed by atoms with Gasteiger partial charge in [-0.2, -0.15) is 0 Å². The van der Waals surface area contributed by atoms with Crippen LogP contribution in [0.5, 0.6) is 0 Å². The van der Waals surface area contributed by atoms with E-state index in [4.69, 9.17) is 0 Å². The van der Waals surface area contributed by atoms with E-state index in [1.807, 2.05) is 0 Å². The first-order chi connectivity index (χ1) is 7.68. The van der Waals surface area contributed by atoms with E-state index in [1.54, 1.807) is 12.5 Å². The third-order valence-corrected chi connectivity index (χ3v) is 2.16. The van der Waals surface area contributed by atoms with Gasteiger partial charge in [0.05, 0.1) is 18.6 Å². The summed E-state index contributed by atoms with van der Waals surface area (Å²) in [6.45, 7) is 5.60. The Morgan fingerprint density at radius 3 is 3.00 bits per heavy atom. The van der Waals surface area contributed by atoms with Gasteiger partial charge in [-0.1, -0.05) is 13.8 Å². The van der Waals surface area contributed by atoms with Crippen LogP contribution in [0, 0.1) is 0 Å². The second-order valence-corrected chi connectivity index (χ2v) is 4.07. The Bertz CT molecular complexity index is 295. The standard InChI is InChI=1S/C11H20N4O/c1-9(2)13-5-3-4-11(16)14-7-10-6-12-8-15-10/h6,8-9,13H,3-5,7H2,1-2H3,(H,12,15)(H,14,16). The summed E-state index contributed by atoms with van der Waals surface area (Å²) in [6, 6.07) is 0.480. The molecule has 0 aliphatic heterocycles. The summed E-state index contributed by atoms with van der Waals surface area (Å²) in [5.74, 6) is 0.0835. The van der Waals surface area contributed by atoms with Crippen LogP contribution in [-0.2, 0) is 11.3 Å². The summed E-state index contributed by atoms with van der Waals surface area (Å²) >= 11 is 0. The van der Waals surface area contributed by atoms with Gasteiger partial charge in [0.1, 0.15) is 0 Å². The number of amides is 1. The quantitative estimate of drug-likeness (QED) is 0.600. The first kappa shape index (κ1) is 12.7. The zero-order chi connectivity index (χ0) is 11.8. The first-order valence-electron chi connectivity index (χ1n) is 5.66. The van der Waals surface area contributed by atoms with Crippen LogP contribution >= 0.6 is 0 Å². The molecule has 16 heavy (non-hydrogen) atoms. The molecule has 0 bridgehead atoms. The lowest BCUT2D eigenvalue weighted by Gasteiger charge is -2.07. The molecule has 0 aliphatic carbocycles. The molecule has 0 saturated heterocycles. The van der Waals surface area contributed by atoms with Crippen molar-refractivity contribution in [3.8, 4) is 0 Å². The highest BCUT2D eigenvalue weighted by atomic mass is 16.1. The van der Waals surface area contributed by atoms with Crippen LogP contribution in [0.25, 0.3) is 0 Å². The number of rotatable bonds is 7. The molecule has 1 aromatic heterocycles. The second kappa shape index (κ2) is 7.00. The highest BCUT2D eigenvalue weighted by Crippen LogP contribution is 1.92. The van der Waals surface area contributed by atoms with Crippen LogP contribution in [0.3, 0.4) is 0 Å². The monoisotopic (exact) mass is 224 g/mol. The Hall–Kier alpha value is -1.36. The van der Waals surface area contributed by atoms with Crippen LogP contribution < -0.4 is 10.6 Å². The van der Waals surface area contributed by atoms with Gasteiger partial charge >= 0.3 is 0 Å². The van der Waals surface area contributed by atoms with Gasteiger partial charge in [-0.15, -0.1) is 0 Å². The minimum atomic E-state index is 0.0835. The van der Waals surface area contributed by atoms with Crippen molar-refractivity contribution in [2.45, 2.75) is 39.3 Å². The minimum Gasteiger partial charge on any atom is -0.350 e. The summed E-state index contributed by atoms with van der Waals surface area (Å²) in [6.07, 6.45) is 4.75. The molecule has 0 unspecified atom stereocenters. The van der Waals surface area contributed by atoms with Crippen molar-refractivity contribution >= 4 is 5.91 Å². The maximum Gasteiger partial charge on any atom is 0.220 e. The fraction of sp³-hybridized carbons (Fsp3) is 0.636. The zero-order valence-electron chi connectivity index (χ0n) is 9.92. The molecule has 1 amide bonds. The summed E-state index contributed by atoms with van der Waals surface area (Å²) in [5.41, 5.74) is 0.925. The molecule has 0 atom stereocenters. The van der Waals surface area contributed by atoms with Crippen LogP contribution in [0.2, 0.25) is 0 Å². The number of carbonyl (C=O) groups is 1. The second-order valence-electron chi connectivity index (χ2n) is 4.07. The number of nitrogens with zero attached hydrogens (tertiary/aromatic N) is 1. The number of aromatic amines is 1. The third kappa shape index (κ3) is 5.50. The maximum absolute atomic E-state index is 11.4. The zero-order valence-corrected chi connectivity index (χ0v) is 9.92. The van der Waals surface area contributed by atoms with Gasteiger partial charge in [0.2, 0.25) is 5.91 Å². The number of nitrogens with one attached hydrogen (secondary N) is 3. The van der Waals surface area contributed by atoms with Crippen molar-refractivity contribution in [2.75, 3.05) is 6.54 Å². The van der Waals surface area contributed by atoms with E-state index in [-0.39, 0.29) is 5.91 Å². The molecule has 1 heterocycles. The Morgan fingerprint density at radius 1 is 1.56 bits per heavy atom. The Morgan fingerprint density at radius 2 is 2.38 bits per heavy atom. The molecule has 1 rings (SSSR count). The van der Waals surface area contributed by atoms with Crippen LogP contribution in [0.1, 0.15) is 32.4 Å². The van der Waals surface area contributed by atoms with E-state index in [0.29, 0.717) is 19.0 Å². The molecule has 0 spiro atoms. The Labute approximate surface area is 96.0 Å². The van der Waals surface area contributed by atoms with Crippen LogP contribution in [0.15, 0.2) is 12.5 Å². The average molecular weight is 224 g/mol. The Kier molecular flexibility index (Phi) is 5.56. The van der Waals surface area contributed by atoms with Gasteiger partial charge in [-0.3, -0.25) is 4.79 Å². The third-order valence-electron chi connectivity index (χ3n) is 2.16. The fourth-order valence-electron chi connectivity index (χ4n) is 1.30. The molecule has 5 heteroatoms. The van der Waals surface area contributed by atoms with E-state index in [9.17, 15) is 4.79 Å². The van der Waals surface area contributed by atoms with Crippen molar-refractivity contribution < 1.29 is 4.79 Å². The molecule has 5 nitrogen and oxygen atoms in total. The average Bonchev–Trinajstić information content (AvgIpc) is 2.74. The number of imidazole rings is 1. The van der Waals surface area contributed by atoms with E-state index < -0.39 is 0 Å². The van der Waals surface area contributed by atoms with E-state index in [0.717, 1.165) is 18.7 Å². The van der Waals surface area contributed by atoms with Crippen LogP contribution in [0.4, 0.5) is 0 Å². The normalized spacial score (nSPS) is 10.7. The molecule has 90 valence electrons. The molecular formula is C11H20N4O. The minimum absolute atomic E-state index is 0.0835. The van der Waals surface area contributed by atoms with E-state index in [2.05, 4.69) is 34.4 Å². The van der Waals surface area contributed by atoms with Gasteiger partial charge in [0.15, 0.2) is 0 Å². The molecule has 1 aromatic rings. The molecule has 0 aromatic carbocycles. The van der Waals surface area contributed by atoms with E-state index >= 15 is 0 Å². The lowest BCUT2D eigenvalue weighted by atomic mass is 10.2. The highest BCUT2D eigenvalue weighted by Gasteiger charge is 2.01. The Balaban J connectivity index is 2.03. The van der Waals surface area contributed by atoms with Crippen molar-refractivity contribution in [1.29, 1.82) is 0 Å². The SMILES string of the molecule is CC(C)NCCCC(=O)NCc1cnc[nH]1. The van der Waals surface area contributed by atoms with Crippen molar-refractivity contribution in [3.05, 3.63) is 18.2 Å². The van der Waals surface area contributed by atoms with E-state index in [1.165, 1.54) is 0 Å². The summed E-state index contributed by atoms with van der Waals surface area (Å²) in [7, 11) is 0. The fourth-order valence-corrected chi connectivity index (χ4v) is 1.30. The number of aromatic nitrogens is 2. The molecule has 0 fully saturated rings. The van der Waals surface area contributed by atoms with Gasteiger partial charge < -0.3 is 15.6 Å². The van der Waals surface area contributed by atoms with Gasteiger partial charge in [-0.05, 0) is 13.0 Å². The largest absolute Gasteiger partial charge is 0.350 e. The van der Waals surface area contributed by atoms with Gasteiger partial charge in [0, 0.05) is 18.7 Å². The number of hydrogen-bond donors (Lipinski definition) is 3. The molecule has 3 N–H and O–H groups in total. The predicted octanol–water partition coefficient (Wildman–Crippen LogP) is 0.804. The molecule has 0 radical (unpaired) electrons. The topological polar surface area (TPSA) is 69.8 Å². The van der Waals surface area contributed by atoms with Crippen LogP contribution in [-0.4, -0.2) is 28.5 Å². The number of H-pyrrole nitrogens is 1. The molecule has 0 aliphatic rings. The first-order valence-corrected chi connectivity index (χ1v) is 5.66. The highest BCUT2D eigenvalue weighted by molar-refractivity contribution is 5.75. The smallest absolute Gasteiger partial charge is 0.220 e. The number of hydrogen-bond acceptors (Lipinski definition) is 3. The molecular weight excluding hydrogens is 204 g/mol. The summed E-state index contributed by atoms with van der Waals surface area (Å²) < 4.78 is 0. The van der Waals surface area contributed by atoms with Crippen molar-refractivity contribution in [2.24, 2.45) is 0 Å². The maximum atomic E-state index is 11.4. The van der Waals surface area contributed by atoms with Crippen molar-refractivity contribution in [1.82, 2.24) is 20.6 Å². The van der Waals surface area contributed by atoms with Gasteiger partial charge in [0.25, 0.3) is 0 Å². The van der Waals surface area contributed by atoms with Crippen molar-refractivity contribution in [3.63, 3.8) is 0 Å². The number of carbonyl (C=O) groups excluding carboxylic acids is 1. The summed E-state index contributed by atoms with van der Waals surface area (Å²) in [5, 5.41) is 6.11.